The van der Waals surface area contributed by atoms with E-state index >= 15 is 0 Å². The van der Waals surface area contributed by atoms with Gasteiger partial charge in [0.1, 0.15) is 5.82 Å². The van der Waals surface area contributed by atoms with Crippen LogP contribution >= 0.6 is 0 Å². The molecule has 1 N–H and O–H groups in total. The summed E-state index contributed by atoms with van der Waals surface area (Å²) in [6.45, 7) is 4.76. The van der Waals surface area contributed by atoms with Crippen LogP contribution in [-0.2, 0) is 9.53 Å². The number of rotatable bonds is 5. The first-order valence-corrected chi connectivity index (χ1v) is 10.1. The van der Waals surface area contributed by atoms with E-state index in [9.17, 15) is 9.59 Å². The molecule has 0 radical (unpaired) electrons. The first kappa shape index (κ1) is 18.2. The van der Waals surface area contributed by atoms with Crippen molar-refractivity contribution < 1.29 is 14.3 Å². The predicted octanol–water partition coefficient (Wildman–Crippen LogP) is 1.76. The second-order valence-electron chi connectivity index (χ2n) is 7.82. The summed E-state index contributed by atoms with van der Waals surface area (Å²) in [5, 5.41) is 3.34. The zero-order valence-electron chi connectivity index (χ0n) is 15.7. The molecule has 4 rings (SSSR count). The number of hydrogen-bond acceptors (Lipinski definition) is 5. The van der Waals surface area contributed by atoms with E-state index in [2.05, 4.69) is 10.3 Å². The lowest BCUT2D eigenvalue weighted by Crippen LogP contribution is -2.41. The molecule has 4 heterocycles. The van der Waals surface area contributed by atoms with E-state index in [0.29, 0.717) is 30.6 Å². The van der Waals surface area contributed by atoms with E-state index in [1.807, 2.05) is 21.9 Å². The van der Waals surface area contributed by atoms with Gasteiger partial charge in [-0.3, -0.25) is 9.59 Å². The minimum Gasteiger partial charge on any atom is -0.379 e. The van der Waals surface area contributed by atoms with Crippen LogP contribution in [0.4, 0.5) is 5.82 Å². The van der Waals surface area contributed by atoms with Crippen molar-refractivity contribution in [3.63, 3.8) is 0 Å². The molecule has 7 heteroatoms. The van der Waals surface area contributed by atoms with Crippen LogP contribution in [0.2, 0.25) is 0 Å². The fourth-order valence-electron chi connectivity index (χ4n) is 4.17. The molecule has 146 valence electrons. The molecule has 0 aliphatic carbocycles. The fraction of sp³-hybridized carbons (Fsp3) is 0.650. The number of likely N-dealkylation sites (tertiary alicyclic amines) is 2. The lowest BCUT2D eigenvalue weighted by molar-refractivity contribution is -0.128. The van der Waals surface area contributed by atoms with Crippen LogP contribution in [0.15, 0.2) is 18.3 Å². The van der Waals surface area contributed by atoms with Crippen LogP contribution in [-0.4, -0.2) is 72.0 Å². The van der Waals surface area contributed by atoms with Crippen molar-refractivity contribution in [2.45, 2.75) is 38.1 Å². The van der Waals surface area contributed by atoms with Crippen molar-refractivity contribution >= 4 is 17.6 Å². The molecule has 27 heavy (non-hydrogen) atoms. The second kappa shape index (κ2) is 8.25. The van der Waals surface area contributed by atoms with Crippen molar-refractivity contribution in [2.24, 2.45) is 5.92 Å². The Morgan fingerprint density at radius 2 is 2.07 bits per heavy atom. The Morgan fingerprint density at radius 3 is 2.70 bits per heavy atom. The number of nitrogens with zero attached hydrogens (tertiary/aromatic N) is 3. The lowest BCUT2D eigenvalue weighted by Gasteiger charge is -2.34. The Bertz CT molecular complexity index is 664. The maximum Gasteiger partial charge on any atom is 0.255 e. The standard InChI is InChI=1S/C20H28N4O3/c25-19-2-1-8-24(19)13-15-5-9-23(10-6-15)20(26)16-3-4-18(21-12-16)22-17-7-11-27-14-17/h3-4,12,15,17H,1-2,5-11,13-14H2,(H,21,22). The SMILES string of the molecule is O=C1CCCN1CC1CCN(C(=O)c2ccc(NC3CCOC3)nc2)CC1. The topological polar surface area (TPSA) is 74.8 Å². The Kier molecular flexibility index (Phi) is 5.57. The maximum atomic E-state index is 12.7. The quantitative estimate of drug-likeness (QED) is 0.852. The van der Waals surface area contributed by atoms with Crippen molar-refractivity contribution in [1.29, 1.82) is 0 Å². The Morgan fingerprint density at radius 1 is 1.22 bits per heavy atom. The van der Waals surface area contributed by atoms with Crippen LogP contribution in [0.3, 0.4) is 0 Å². The van der Waals surface area contributed by atoms with Gasteiger partial charge in [-0.2, -0.15) is 0 Å². The summed E-state index contributed by atoms with van der Waals surface area (Å²) in [6.07, 6.45) is 6.26. The normalized spacial score (nSPS) is 23.9. The van der Waals surface area contributed by atoms with Gasteiger partial charge < -0.3 is 19.9 Å². The van der Waals surface area contributed by atoms with Gasteiger partial charge in [0.25, 0.3) is 5.91 Å². The summed E-state index contributed by atoms with van der Waals surface area (Å²) < 4.78 is 5.35. The number of carbonyl (C=O) groups excluding carboxylic acids is 2. The van der Waals surface area contributed by atoms with Gasteiger partial charge in [-0.05, 0) is 43.7 Å². The number of nitrogens with one attached hydrogen (secondary N) is 1. The molecule has 0 bridgehead atoms. The molecule has 2 amide bonds. The highest BCUT2D eigenvalue weighted by Crippen LogP contribution is 2.22. The first-order valence-electron chi connectivity index (χ1n) is 10.1. The summed E-state index contributed by atoms with van der Waals surface area (Å²) in [5.41, 5.74) is 0.636. The first-order chi connectivity index (χ1) is 13.2. The highest BCUT2D eigenvalue weighted by atomic mass is 16.5. The van der Waals surface area contributed by atoms with Gasteiger partial charge in [0, 0.05) is 45.4 Å². The summed E-state index contributed by atoms with van der Waals surface area (Å²) in [4.78, 5) is 32.8. The Labute approximate surface area is 160 Å². The van der Waals surface area contributed by atoms with E-state index in [1.165, 1.54) is 0 Å². The highest BCUT2D eigenvalue weighted by Gasteiger charge is 2.28. The molecule has 1 unspecified atom stereocenters. The highest BCUT2D eigenvalue weighted by molar-refractivity contribution is 5.94. The molecule has 0 saturated carbocycles. The van der Waals surface area contributed by atoms with Crippen molar-refractivity contribution in [3.05, 3.63) is 23.9 Å². The number of piperidine rings is 1. The summed E-state index contributed by atoms with van der Waals surface area (Å²) >= 11 is 0. The lowest BCUT2D eigenvalue weighted by atomic mass is 9.96. The average Bonchev–Trinajstić information content (AvgIpc) is 3.35. The van der Waals surface area contributed by atoms with Crippen molar-refractivity contribution in [1.82, 2.24) is 14.8 Å². The van der Waals surface area contributed by atoms with Crippen molar-refractivity contribution in [3.8, 4) is 0 Å². The van der Waals surface area contributed by atoms with Crippen LogP contribution < -0.4 is 5.32 Å². The Balaban J connectivity index is 1.26. The average molecular weight is 372 g/mol. The number of amides is 2. The number of hydrogen-bond donors (Lipinski definition) is 1. The second-order valence-corrected chi connectivity index (χ2v) is 7.82. The fourth-order valence-corrected chi connectivity index (χ4v) is 4.17. The van der Waals surface area contributed by atoms with E-state index < -0.39 is 0 Å². The monoisotopic (exact) mass is 372 g/mol. The van der Waals surface area contributed by atoms with Crippen LogP contribution in [0.5, 0.6) is 0 Å². The van der Waals surface area contributed by atoms with E-state index in [1.54, 1.807) is 6.20 Å². The van der Waals surface area contributed by atoms with E-state index in [-0.39, 0.29) is 11.8 Å². The van der Waals surface area contributed by atoms with E-state index in [4.69, 9.17) is 4.74 Å². The minimum atomic E-state index is 0.0500. The number of carbonyl (C=O) groups is 2. The molecule has 0 spiro atoms. The third-order valence-electron chi connectivity index (χ3n) is 5.84. The van der Waals surface area contributed by atoms with Gasteiger partial charge in [-0.15, -0.1) is 0 Å². The maximum absolute atomic E-state index is 12.7. The van der Waals surface area contributed by atoms with Crippen molar-refractivity contribution in [2.75, 3.05) is 44.7 Å². The molecule has 1 aromatic heterocycles. The number of anilines is 1. The molecular weight excluding hydrogens is 344 g/mol. The molecule has 1 atom stereocenters. The third-order valence-corrected chi connectivity index (χ3v) is 5.84. The Hall–Kier alpha value is -2.15. The summed E-state index contributed by atoms with van der Waals surface area (Å²) in [5.74, 6) is 1.64. The van der Waals surface area contributed by atoms with Gasteiger partial charge >= 0.3 is 0 Å². The number of pyridine rings is 1. The molecule has 3 aliphatic heterocycles. The summed E-state index contributed by atoms with van der Waals surface area (Å²) in [6, 6.07) is 4.03. The van der Waals surface area contributed by atoms with Gasteiger partial charge in [-0.25, -0.2) is 4.98 Å². The van der Waals surface area contributed by atoms with Gasteiger partial charge in [-0.1, -0.05) is 0 Å². The smallest absolute Gasteiger partial charge is 0.255 e. The summed E-state index contributed by atoms with van der Waals surface area (Å²) in [7, 11) is 0. The largest absolute Gasteiger partial charge is 0.379 e. The molecule has 7 nitrogen and oxygen atoms in total. The molecule has 3 aliphatic rings. The molecule has 0 aromatic carbocycles. The van der Waals surface area contributed by atoms with Crippen LogP contribution in [0, 0.1) is 5.92 Å². The van der Waals surface area contributed by atoms with Gasteiger partial charge in [0.2, 0.25) is 5.91 Å². The van der Waals surface area contributed by atoms with Crippen LogP contribution in [0.1, 0.15) is 42.5 Å². The molecule has 3 fully saturated rings. The molecule has 1 aromatic rings. The molecule has 3 saturated heterocycles. The zero-order chi connectivity index (χ0) is 18.6. The van der Waals surface area contributed by atoms with Crippen LogP contribution in [0.25, 0.3) is 0 Å². The predicted molar refractivity (Wildman–Crippen MR) is 102 cm³/mol. The minimum absolute atomic E-state index is 0.0500. The number of ether oxygens (including phenoxy) is 1. The van der Waals surface area contributed by atoms with Gasteiger partial charge in [0.15, 0.2) is 0 Å². The van der Waals surface area contributed by atoms with Gasteiger partial charge in [0.05, 0.1) is 18.2 Å². The number of aromatic nitrogens is 1. The zero-order valence-corrected chi connectivity index (χ0v) is 15.7. The third kappa shape index (κ3) is 4.40. The van der Waals surface area contributed by atoms with E-state index in [0.717, 1.165) is 64.3 Å². The molecular formula is C20H28N4O3.